The molecule has 0 fully saturated rings. The van der Waals surface area contributed by atoms with E-state index in [1.807, 2.05) is 18.2 Å². The summed E-state index contributed by atoms with van der Waals surface area (Å²) < 4.78 is 17.1. The molecule has 140 valence electrons. The minimum absolute atomic E-state index is 0.224. The Morgan fingerprint density at radius 3 is 2.46 bits per heavy atom. The number of anilines is 1. The Labute approximate surface area is 162 Å². The van der Waals surface area contributed by atoms with Gasteiger partial charge in [-0.25, -0.2) is 0 Å². The number of benzene rings is 2. The summed E-state index contributed by atoms with van der Waals surface area (Å²) in [5, 5.41) is 2.89. The van der Waals surface area contributed by atoms with E-state index in [4.69, 9.17) is 14.2 Å². The van der Waals surface area contributed by atoms with Crippen LogP contribution in [0, 0.1) is 5.92 Å². The normalized spacial score (nSPS) is 10.7. The number of nitrogens with one attached hydrogen (secondary N) is 1. The molecule has 0 unspecified atom stereocenters. The van der Waals surface area contributed by atoms with Crippen LogP contribution in [0.3, 0.4) is 0 Å². The van der Waals surface area contributed by atoms with Crippen molar-refractivity contribution in [2.24, 2.45) is 5.92 Å². The monoisotopic (exact) mass is 421 g/mol. The van der Waals surface area contributed by atoms with Crippen LogP contribution in [0.2, 0.25) is 0 Å². The van der Waals surface area contributed by atoms with Crippen molar-refractivity contribution in [2.45, 2.75) is 13.8 Å². The fourth-order valence-corrected chi connectivity index (χ4v) is 2.50. The second-order valence-electron chi connectivity index (χ2n) is 6.17. The molecule has 1 amide bonds. The molecule has 2 rings (SSSR count). The summed E-state index contributed by atoms with van der Waals surface area (Å²) in [6.07, 6.45) is 0. The van der Waals surface area contributed by atoms with Crippen molar-refractivity contribution in [1.82, 2.24) is 0 Å². The number of hydrogen-bond donors (Lipinski definition) is 1. The van der Waals surface area contributed by atoms with Crippen LogP contribution < -0.4 is 14.8 Å². The summed E-state index contributed by atoms with van der Waals surface area (Å²) in [7, 11) is 1.63. The number of hydrogen-bond acceptors (Lipinski definition) is 4. The first kappa shape index (κ1) is 20.3. The molecular formula is C20H24BrNO4. The Balaban J connectivity index is 2.05. The lowest BCUT2D eigenvalue weighted by Gasteiger charge is -2.14. The highest BCUT2D eigenvalue weighted by Gasteiger charge is 2.14. The molecule has 0 spiro atoms. The molecule has 1 N–H and O–H groups in total. The second kappa shape index (κ2) is 10.2. The van der Waals surface area contributed by atoms with Gasteiger partial charge in [0.15, 0.2) is 0 Å². The van der Waals surface area contributed by atoms with Crippen molar-refractivity contribution < 1.29 is 19.0 Å². The number of carbonyl (C=O) groups is 1. The molecule has 2 aromatic rings. The lowest BCUT2D eigenvalue weighted by atomic mass is 10.1. The fraction of sp³-hybridized carbons (Fsp3) is 0.350. The Kier molecular flexibility index (Phi) is 7.94. The molecule has 0 aliphatic carbocycles. The maximum atomic E-state index is 12.7. The minimum Gasteiger partial charge on any atom is -0.492 e. The van der Waals surface area contributed by atoms with Crippen LogP contribution in [0.25, 0.3) is 0 Å². The molecule has 0 heterocycles. The molecule has 0 aliphatic rings. The molecule has 0 aliphatic heterocycles. The number of halogens is 1. The van der Waals surface area contributed by atoms with E-state index in [9.17, 15) is 4.79 Å². The van der Waals surface area contributed by atoms with Crippen molar-refractivity contribution >= 4 is 27.5 Å². The van der Waals surface area contributed by atoms with E-state index >= 15 is 0 Å². The van der Waals surface area contributed by atoms with Crippen molar-refractivity contribution in [3.05, 3.63) is 52.5 Å². The van der Waals surface area contributed by atoms with Gasteiger partial charge in [-0.05, 0) is 48.4 Å². The van der Waals surface area contributed by atoms with Crippen molar-refractivity contribution in [3.8, 4) is 11.5 Å². The molecule has 5 nitrogen and oxygen atoms in total. The minimum atomic E-state index is -0.224. The summed E-state index contributed by atoms with van der Waals surface area (Å²) in [6, 6.07) is 12.6. The van der Waals surface area contributed by atoms with Crippen LogP contribution in [0.5, 0.6) is 11.5 Å². The number of methoxy groups -OCH3 is 1. The molecule has 0 saturated heterocycles. The lowest BCUT2D eigenvalue weighted by molar-refractivity contribution is 0.102. The average molecular weight is 422 g/mol. The van der Waals surface area contributed by atoms with E-state index in [1.54, 1.807) is 31.4 Å². The van der Waals surface area contributed by atoms with E-state index in [1.165, 1.54) is 0 Å². The summed E-state index contributed by atoms with van der Waals surface area (Å²) in [4.78, 5) is 12.7. The van der Waals surface area contributed by atoms with Crippen LogP contribution in [0.15, 0.2) is 46.9 Å². The number of amides is 1. The smallest absolute Gasteiger partial charge is 0.259 e. The quantitative estimate of drug-likeness (QED) is 0.592. The van der Waals surface area contributed by atoms with Gasteiger partial charge in [0.2, 0.25) is 0 Å². The van der Waals surface area contributed by atoms with Gasteiger partial charge in [0.25, 0.3) is 5.91 Å². The van der Waals surface area contributed by atoms with Gasteiger partial charge in [-0.15, -0.1) is 0 Å². The van der Waals surface area contributed by atoms with Crippen LogP contribution in [-0.2, 0) is 4.74 Å². The number of rotatable bonds is 9. The van der Waals surface area contributed by atoms with Crippen molar-refractivity contribution in [1.29, 1.82) is 0 Å². The zero-order chi connectivity index (χ0) is 18.9. The molecule has 0 radical (unpaired) electrons. The molecule has 0 atom stereocenters. The second-order valence-corrected chi connectivity index (χ2v) is 7.08. The largest absolute Gasteiger partial charge is 0.492 e. The standard InChI is InChI=1S/C20H24BrNO4/c1-14(2)13-26-19-9-4-15(21)12-18(19)20(23)22-16-5-7-17(8-6-16)25-11-10-24-3/h4-9,12,14H,10-11,13H2,1-3H3,(H,22,23). The highest BCUT2D eigenvalue weighted by molar-refractivity contribution is 9.10. The Morgan fingerprint density at radius 2 is 1.81 bits per heavy atom. The van der Waals surface area contributed by atoms with Gasteiger partial charge in [-0.2, -0.15) is 0 Å². The topological polar surface area (TPSA) is 56.8 Å². The van der Waals surface area contributed by atoms with Crippen molar-refractivity contribution in [3.63, 3.8) is 0 Å². The van der Waals surface area contributed by atoms with Gasteiger partial charge in [-0.3, -0.25) is 4.79 Å². The average Bonchev–Trinajstić information content (AvgIpc) is 2.62. The number of carbonyl (C=O) groups excluding carboxylic acids is 1. The van der Waals surface area contributed by atoms with Crippen molar-refractivity contribution in [2.75, 3.05) is 32.2 Å². The zero-order valence-electron chi connectivity index (χ0n) is 15.3. The first-order chi connectivity index (χ1) is 12.5. The third kappa shape index (κ3) is 6.35. The molecule has 6 heteroatoms. The van der Waals surface area contributed by atoms with Crippen LogP contribution in [0.4, 0.5) is 5.69 Å². The molecule has 0 bridgehead atoms. The van der Waals surface area contributed by atoms with Crippen LogP contribution in [0.1, 0.15) is 24.2 Å². The molecule has 0 saturated carbocycles. The summed E-state index contributed by atoms with van der Waals surface area (Å²) in [6.45, 7) is 5.69. The first-order valence-electron chi connectivity index (χ1n) is 8.45. The van der Waals surface area contributed by atoms with Gasteiger partial charge in [0, 0.05) is 17.3 Å². The Morgan fingerprint density at radius 1 is 1.08 bits per heavy atom. The third-order valence-electron chi connectivity index (χ3n) is 3.43. The Hall–Kier alpha value is -2.05. The van der Waals surface area contributed by atoms with Crippen LogP contribution >= 0.6 is 15.9 Å². The maximum Gasteiger partial charge on any atom is 0.259 e. The third-order valence-corrected chi connectivity index (χ3v) is 3.92. The van der Waals surface area contributed by atoms with E-state index in [2.05, 4.69) is 35.1 Å². The van der Waals surface area contributed by atoms with Gasteiger partial charge in [0.1, 0.15) is 18.1 Å². The highest BCUT2D eigenvalue weighted by Crippen LogP contribution is 2.25. The maximum absolute atomic E-state index is 12.7. The molecule has 0 aromatic heterocycles. The first-order valence-corrected chi connectivity index (χ1v) is 9.24. The van der Waals surface area contributed by atoms with E-state index in [-0.39, 0.29) is 5.91 Å². The zero-order valence-corrected chi connectivity index (χ0v) is 16.8. The SMILES string of the molecule is COCCOc1ccc(NC(=O)c2cc(Br)ccc2OCC(C)C)cc1. The van der Waals surface area contributed by atoms with Gasteiger partial charge in [-0.1, -0.05) is 29.8 Å². The lowest BCUT2D eigenvalue weighted by Crippen LogP contribution is -2.15. The van der Waals surface area contributed by atoms with E-state index < -0.39 is 0 Å². The van der Waals surface area contributed by atoms with Crippen LogP contribution in [-0.4, -0.2) is 32.8 Å². The molecule has 26 heavy (non-hydrogen) atoms. The predicted octanol–water partition coefficient (Wildman–Crippen LogP) is 4.76. The van der Waals surface area contributed by atoms with E-state index in [0.29, 0.717) is 42.7 Å². The van der Waals surface area contributed by atoms with Gasteiger partial charge >= 0.3 is 0 Å². The van der Waals surface area contributed by atoms with E-state index in [0.717, 1.165) is 10.2 Å². The summed E-state index contributed by atoms with van der Waals surface area (Å²) in [5.74, 6) is 1.45. The van der Waals surface area contributed by atoms with Gasteiger partial charge in [0.05, 0.1) is 18.8 Å². The summed E-state index contributed by atoms with van der Waals surface area (Å²) >= 11 is 3.41. The highest BCUT2D eigenvalue weighted by atomic mass is 79.9. The Bertz CT molecular complexity index is 716. The number of ether oxygens (including phenoxy) is 3. The predicted molar refractivity (Wildman–Crippen MR) is 106 cm³/mol. The fourth-order valence-electron chi connectivity index (χ4n) is 2.14. The van der Waals surface area contributed by atoms with Gasteiger partial charge < -0.3 is 19.5 Å². The molecular weight excluding hydrogens is 398 g/mol. The molecule has 2 aromatic carbocycles. The summed E-state index contributed by atoms with van der Waals surface area (Å²) in [5.41, 5.74) is 1.17.